The molecule has 1 aliphatic heterocycles. The molecular formula is C19H29ClN4O3. The lowest BCUT2D eigenvalue weighted by Gasteiger charge is -2.37. The Morgan fingerprint density at radius 3 is 2.07 bits per heavy atom. The second kappa shape index (κ2) is 10.4. The normalized spacial score (nSPS) is 14.5. The number of piperazine rings is 1. The molecule has 1 aromatic rings. The first-order valence-electron chi connectivity index (χ1n) is 9.43. The molecule has 2 rings (SSSR count). The van der Waals surface area contributed by atoms with Crippen molar-refractivity contribution in [3.63, 3.8) is 0 Å². The lowest BCUT2D eigenvalue weighted by Crippen LogP contribution is -2.54. The van der Waals surface area contributed by atoms with E-state index >= 15 is 0 Å². The van der Waals surface area contributed by atoms with E-state index in [1.165, 1.54) is 4.90 Å². The van der Waals surface area contributed by atoms with Crippen molar-refractivity contribution in [1.29, 1.82) is 0 Å². The summed E-state index contributed by atoms with van der Waals surface area (Å²) in [4.78, 5) is 31.4. The van der Waals surface area contributed by atoms with Crippen LogP contribution < -0.4 is 0 Å². The fourth-order valence-corrected chi connectivity index (χ4v) is 3.27. The summed E-state index contributed by atoms with van der Waals surface area (Å²) >= 11 is 5.96. The van der Waals surface area contributed by atoms with Crippen molar-refractivity contribution in [3.05, 3.63) is 34.9 Å². The summed E-state index contributed by atoms with van der Waals surface area (Å²) in [5.74, 6) is 0. The molecule has 0 bridgehead atoms. The van der Waals surface area contributed by atoms with Crippen molar-refractivity contribution in [2.45, 2.75) is 20.4 Å². The van der Waals surface area contributed by atoms with Crippen LogP contribution >= 0.6 is 11.6 Å². The molecule has 27 heavy (non-hydrogen) atoms. The molecule has 0 spiro atoms. The maximum atomic E-state index is 13.1. The minimum atomic E-state index is -0.929. The van der Waals surface area contributed by atoms with Crippen LogP contribution in [0.15, 0.2) is 24.3 Å². The number of carbonyl (C=O) groups is 2. The summed E-state index contributed by atoms with van der Waals surface area (Å²) in [6.07, 6.45) is -0.929. The van der Waals surface area contributed by atoms with E-state index < -0.39 is 6.09 Å². The van der Waals surface area contributed by atoms with Gasteiger partial charge in [0.15, 0.2) is 0 Å². The van der Waals surface area contributed by atoms with Gasteiger partial charge in [0, 0.05) is 50.8 Å². The molecule has 1 N–H and O–H groups in total. The van der Waals surface area contributed by atoms with Crippen LogP contribution in [-0.4, -0.2) is 89.2 Å². The molecular weight excluding hydrogens is 368 g/mol. The van der Waals surface area contributed by atoms with Gasteiger partial charge >= 0.3 is 12.1 Å². The average molecular weight is 397 g/mol. The first kappa shape index (κ1) is 21.3. The van der Waals surface area contributed by atoms with Crippen molar-refractivity contribution < 1.29 is 14.7 Å². The molecule has 1 aromatic carbocycles. The van der Waals surface area contributed by atoms with E-state index in [2.05, 4.69) is 18.7 Å². The molecule has 0 aliphatic carbocycles. The first-order chi connectivity index (χ1) is 12.9. The van der Waals surface area contributed by atoms with E-state index in [0.717, 1.165) is 25.2 Å². The van der Waals surface area contributed by atoms with E-state index in [1.807, 2.05) is 29.2 Å². The van der Waals surface area contributed by atoms with Crippen LogP contribution in [0.3, 0.4) is 0 Å². The van der Waals surface area contributed by atoms with Gasteiger partial charge in [0.05, 0.1) is 0 Å². The standard InChI is InChI=1S/C19H29ClN4O3/c1-3-21(4-2)9-10-24(15-16-5-7-17(20)8-6-16)18(25)22-11-13-23(14-12-22)19(26)27/h5-8H,3-4,9-15H2,1-2H3,(H,26,27). The van der Waals surface area contributed by atoms with E-state index in [9.17, 15) is 9.59 Å². The van der Waals surface area contributed by atoms with Gasteiger partial charge in [0.2, 0.25) is 0 Å². The second-order valence-electron chi connectivity index (χ2n) is 6.61. The van der Waals surface area contributed by atoms with E-state index in [4.69, 9.17) is 16.7 Å². The van der Waals surface area contributed by atoms with E-state index in [0.29, 0.717) is 44.3 Å². The Kier molecular flexibility index (Phi) is 8.19. The summed E-state index contributed by atoms with van der Waals surface area (Å²) in [5.41, 5.74) is 1.02. The molecule has 0 saturated carbocycles. The van der Waals surface area contributed by atoms with Gasteiger partial charge in [-0.1, -0.05) is 37.6 Å². The van der Waals surface area contributed by atoms with Crippen LogP contribution in [0.25, 0.3) is 0 Å². The van der Waals surface area contributed by atoms with Crippen molar-refractivity contribution in [2.75, 3.05) is 52.4 Å². The van der Waals surface area contributed by atoms with Gasteiger partial charge in [-0.3, -0.25) is 0 Å². The Labute approximate surface area is 166 Å². The molecule has 150 valence electrons. The molecule has 0 atom stereocenters. The summed E-state index contributed by atoms with van der Waals surface area (Å²) < 4.78 is 0. The zero-order valence-electron chi connectivity index (χ0n) is 16.1. The third-order valence-corrected chi connectivity index (χ3v) is 5.21. The predicted molar refractivity (Wildman–Crippen MR) is 106 cm³/mol. The lowest BCUT2D eigenvalue weighted by molar-refractivity contribution is 0.0958. The van der Waals surface area contributed by atoms with Gasteiger partial charge in [-0.15, -0.1) is 0 Å². The molecule has 3 amide bonds. The molecule has 0 aromatic heterocycles. The van der Waals surface area contributed by atoms with Crippen LogP contribution in [0.5, 0.6) is 0 Å². The minimum Gasteiger partial charge on any atom is -0.465 e. The van der Waals surface area contributed by atoms with Crippen molar-refractivity contribution in [3.8, 4) is 0 Å². The number of benzene rings is 1. The Balaban J connectivity index is 2.04. The number of rotatable bonds is 7. The maximum absolute atomic E-state index is 13.1. The zero-order chi connectivity index (χ0) is 19.8. The number of carbonyl (C=O) groups excluding carboxylic acids is 1. The van der Waals surface area contributed by atoms with Gasteiger partial charge in [-0.05, 0) is 30.8 Å². The Morgan fingerprint density at radius 1 is 1.00 bits per heavy atom. The van der Waals surface area contributed by atoms with Crippen LogP contribution in [0.4, 0.5) is 9.59 Å². The smallest absolute Gasteiger partial charge is 0.407 e. The molecule has 0 radical (unpaired) electrons. The highest BCUT2D eigenvalue weighted by Crippen LogP contribution is 2.14. The molecule has 1 fully saturated rings. The van der Waals surface area contributed by atoms with Gasteiger partial charge < -0.3 is 24.7 Å². The summed E-state index contributed by atoms with van der Waals surface area (Å²) in [5, 5.41) is 9.76. The Bertz CT molecular complexity index is 614. The fourth-order valence-electron chi connectivity index (χ4n) is 3.14. The number of likely N-dealkylation sites (N-methyl/N-ethyl adjacent to an activating group) is 1. The molecule has 0 unspecified atom stereocenters. The minimum absolute atomic E-state index is 0.0397. The maximum Gasteiger partial charge on any atom is 0.407 e. The first-order valence-corrected chi connectivity index (χ1v) is 9.80. The number of halogens is 1. The topological polar surface area (TPSA) is 67.3 Å². The second-order valence-corrected chi connectivity index (χ2v) is 7.05. The lowest BCUT2D eigenvalue weighted by atomic mass is 10.2. The van der Waals surface area contributed by atoms with Crippen LogP contribution in [-0.2, 0) is 6.54 Å². The Morgan fingerprint density at radius 2 is 1.56 bits per heavy atom. The highest BCUT2D eigenvalue weighted by molar-refractivity contribution is 6.30. The molecule has 8 heteroatoms. The molecule has 1 heterocycles. The highest BCUT2D eigenvalue weighted by Gasteiger charge is 2.27. The van der Waals surface area contributed by atoms with Crippen LogP contribution in [0.1, 0.15) is 19.4 Å². The molecule has 1 aliphatic rings. The number of urea groups is 1. The Hall–Kier alpha value is -1.99. The van der Waals surface area contributed by atoms with Crippen LogP contribution in [0.2, 0.25) is 5.02 Å². The number of hydrogen-bond acceptors (Lipinski definition) is 3. The van der Waals surface area contributed by atoms with E-state index in [-0.39, 0.29) is 6.03 Å². The van der Waals surface area contributed by atoms with Crippen LogP contribution in [0, 0.1) is 0 Å². The molecule has 7 nitrogen and oxygen atoms in total. The van der Waals surface area contributed by atoms with Gasteiger partial charge in [0.1, 0.15) is 0 Å². The summed E-state index contributed by atoms with van der Waals surface area (Å²) in [6.45, 7) is 9.60. The third-order valence-electron chi connectivity index (χ3n) is 4.96. The molecule has 1 saturated heterocycles. The quantitative estimate of drug-likeness (QED) is 0.769. The highest BCUT2D eigenvalue weighted by atomic mass is 35.5. The number of hydrogen-bond donors (Lipinski definition) is 1. The van der Waals surface area contributed by atoms with Gasteiger partial charge in [-0.25, -0.2) is 9.59 Å². The van der Waals surface area contributed by atoms with Gasteiger partial charge in [-0.2, -0.15) is 0 Å². The fraction of sp³-hybridized carbons (Fsp3) is 0.579. The number of carboxylic acid groups (broad SMARTS) is 1. The summed E-state index contributed by atoms with van der Waals surface area (Å²) in [7, 11) is 0. The van der Waals surface area contributed by atoms with Crippen molar-refractivity contribution in [2.24, 2.45) is 0 Å². The largest absolute Gasteiger partial charge is 0.465 e. The SMILES string of the molecule is CCN(CC)CCN(Cc1ccc(Cl)cc1)C(=O)N1CCN(C(=O)O)CC1. The van der Waals surface area contributed by atoms with E-state index in [1.54, 1.807) is 4.90 Å². The van der Waals surface area contributed by atoms with Crippen molar-refractivity contribution >= 4 is 23.7 Å². The predicted octanol–water partition coefficient (Wildman–Crippen LogP) is 2.90. The zero-order valence-corrected chi connectivity index (χ0v) is 16.9. The van der Waals surface area contributed by atoms with Gasteiger partial charge in [0.25, 0.3) is 0 Å². The van der Waals surface area contributed by atoms with Crippen molar-refractivity contribution in [1.82, 2.24) is 19.6 Å². The summed E-state index contributed by atoms with van der Waals surface area (Å²) in [6, 6.07) is 7.48. The average Bonchev–Trinajstić information content (AvgIpc) is 2.68. The number of nitrogens with zero attached hydrogens (tertiary/aromatic N) is 4. The number of amides is 3. The monoisotopic (exact) mass is 396 g/mol. The third kappa shape index (κ3) is 6.29.